The van der Waals surface area contributed by atoms with Crippen LogP contribution in [-0.2, 0) is 31.1 Å². The molecule has 0 saturated heterocycles. The molecule has 0 saturated carbocycles. The van der Waals surface area contributed by atoms with Gasteiger partial charge in [-0.15, -0.1) is 0 Å². The maximum absolute atomic E-state index is 11.0. The van der Waals surface area contributed by atoms with E-state index in [1.54, 1.807) is 16.7 Å². The first-order chi connectivity index (χ1) is 50.1. The summed E-state index contributed by atoms with van der Waals surface area (Å²) in [5, 5.41) is -1.64. The molecular formula is C80H64N4OSi. The van der Waals surface area contributed by atoms with Gasteiger partial charge in [-0.05, 0) is 150 Å². The lowest BCUT2D eigenvalue weighted by molar-refractivity contribution is -0.571. The fourth-order valence-electron chi connectivity index (χ4n) is 12.1. The first kappa shape index (κ1) is 35.9. The van der Waals surface area contributed by atoms with E-state index < -0.39 is 149 Å². The van der Waals surface area contributed by atoms with Crippen LogP contribution in [0.1, 0.15) is 74.6 Å². The zero-order chi connectivity index (χ0) is 74.3. The maximum atomic E-state index is 11.0. The number of benzene rings is 11. The van der Waals surface area contributed by atoms with Crippen molar-refractivity contribution in [2.75, 3.05) is 0 Å². The minimum absolute atomic E-state index is 0.0185. The SMILES string of the molecule is [2H]c1c([2H])c([2H])c([Si](c2c([2H])c([2H])c([2H])c([2H])c2[2H])(c2c([2H])c([2H])c([2H])c([2H])c2[2H])c2c([2H])c([2H])c([2H])c(-c3cccc(-c4cc5ccc4CCc4ccc(cc4)CC5)c3-[n+]3[c-]n(-c4cccc(Oc5ccc6c7ccccc7n(-c7cc(C(C)(C)C)ccn7)c6c5)c4)c4ccccc43)c2[2H])c([2H])c1[2H]. The van der Waals surface area contributed by atoms with Crippen molar-refractivity contribution in [1.82, 2.24) is 14.1 Å². The Kier molecular flexibility index (Phi) is 9.09. The van der Waals surface area contributed by atoms with Gasteiger partial charge in [-0.25, -0.2) is 4.98 Å². The standard InChI is InChI=1S/C80H64N4OSi/c1-80(2,3)61-48-49-81-78(52-61)84-74-33-14-13-30-70(74)71-47-46-64(54-77(71)84)85-63-22-18-21-62(53-63)82-55-83(76-35-16-15-34-75(76)82)79-69(31-19-32-72(79)73-50-58-41-40-56-36-38-57(39-37-56)42-44-59(73)45-43-58)60-20-17-29-68(51-60)86(65-23-7-4-8-24-65,66-25-9-5-10-26-66)67-27-11-6-12-28-67/h4-39,43,45-54H,40-42,44H2,1-3H3/i4D,5D,6D,7D,8D,9D,10D,11D,12D,17D,20D,23D,24D,25D,26D,27D,28D,29D,51D. The number of aryl methyl sites for hydroxylation is 4. The van der Waals surface area contributed by atoms with E-state index >= 15 is 0 Å². The van der Waals surface area contributed by atoms with Gasteiger partial charge in [0, 0.05) is 23.0 Å². The minimum atomic E-state index is -6.24. The molecule has 0 N–H and O–H groups in total. The van der Waals surface area contributed by atoms with Crippen LogP contribution in [0.2, 0.25) is 0 Å². The van der Waals surface area contributed by atoms with Gasteiger partial charge in [-0.1, -0.05) is 245 Å². The second kappa shape index (κ2) is 21.8. The molecule has 5 nitrogen and oxygen atoms in total. The molecule has 3 aromatic heterocycles. The molecule has 18 rings (SSSR count). The summed E-state index contributed by atoms with van der Waals surface area (Å²) < 4.78 is 195. The van der Waals surface area contributed by atoms with Crippen LogP contribution in [0.3, 0.4) is 0 Å². The van der Waals surface area contributed by atoms with Crippen molar-refractivity contribution in [3.63, 3.8) is 0 Å². The summed E-state index contributed by atoms with van der Waals surface area (Å²) in [6, 6.07) is 33.7. The van der Waals surface area contributed by atoms with Crippen LogP contribution >= 0.6 is 0 Å². The Morgan fingerprint density at radius 3 is 1.85 bits per heavy atom. The minimum Gasteiger partial charge on any atom is -0.458 e. The molecule has 0 fully saturated rings. The van der Waals surface area contributed by atoms with E-state index in [4.69, 9.17) is 13.8 Å². The topological polar surface area (TPSA) is 35.9 Å². The number of fused-ring (bicyclic) bond motifs is 4. The Morgan fingerprint density at radius 2 is 1.12 bits per heavy atom. The number of nitrogens with zero attached hydrogens (tertiary/aromatic N) is 4. The molecule has 0 spiro atoms. The van der Waals surface area contributed by atoms with Gasteiger partial charge in [-0.3, -0.25) is 13.7 Å². The third-order valence-electron chi connectivity index (χ3n) is 16.4. The van der Waals surface area contributed by atoms with Gasteiger partial charge in [0.15, 0.2) is 8.07 Å². The van der Waals surface area contributed by atoms with Gasteiger partial charge in [-0.2, -0.15) is 0 Å². The van der Waals surface area contributed by atoms with Crippen molar-refractivity contribution in [3.05, 3.63) is 319 Å². The van der Waals surface area contributed by atoms with E-state index in [0.717, 1.165) is 61.0 Å². The second-order valence-electron chi connectivity index (χ2n) is 22.6. The third-order valence-corrected chi connectivity index (χ3v) is 20.4. The normalized spacial score (nSPS) is 15.7. The van der Waals surface area contributed by atoms with Crippen molar-refractivity contribution in [2.24, 2.45) is 0 Å². The number of hydrogen-bond acceptors (Lipinski definition) is 2. The average Bonchev–Trinajstić information content (AvgIpc) is 1.26. The quantitative estimate of drug-likeness (QED) is 0.0560. The number of hydrogen-bond donors (Lipinski definition) is 0. The lowest BCUT2D eigenvalue weighted by Gasteiger charge is -2.34. The van der Waals surface area contributed by atoms with E-state index in [-0.39, 0.29) is 16.7 Å². The van der Waals surface area contributed by atoms with Crippen molar-refractivity contribution in [3.8, 4) is 50.9 Å². The highest BCUT2D eigenvalue weighted by atomic mass is 28.3. The molecule has 0 aliphatic heterocycles. The number of para-hydroxylation sites is 4. The van der Waals surface area contributed by atoms with E-state index in [0.29, 0.717) is 59.5 Å². The summed E-state index contributed by atoms with van der Waals surface area (Å²) in [5.41, 5.74) is 9.71. The van der Waals surface area contributed by atoms with Gasteiger partial charge >= 0.3 is 0 Å². The van der Waals surface area contributed by atoms with Crippen LogP contribution in [0.25, 0.3) is 72.3 Å². The highest BCUT2D eigenvalue weighted by molar-refractivity contribution is 7.19. The largest absolute Gasteiger partial charge is 0.458 e. The first-order valence-corrected chi connectivity index (χ1v) is 30.5. The molecule has 6 heteroatoms. The summed E-state index contributed by atoms with van der Waals surface area (Å²) in [4.78, 5) is 4.88. The van der Waals surface area contributed by atoms with Crippen LogP contribution < -0.4 is 30.1 Å². The number of ether oxygens (including phenoxy) is 1. The Bertz CT molecular complexity index is 5770. The van der Waals surface area contributed by atoms with Crippen molar-refractivity contribution in [2.45, 2.75) is 51.9 Å². The van der Waals surface area contributed by atoms with Crippen LogP contribution in [0.5, 0.6) is 11.5 Å². The summed E-state index contributed by atoms with van der Waals surface area (Å²) in [6.45, 7) is 6.49. The molecule has 11 aromatic carbocycles. The molecule has 86 heavy (non-hydrogen) atoms. The molecule has 14 aromatic rings. The van der Waals surface area contributed by atoms with Crippen LogP contribution in [-0.4, -0.2) is 22.2 Å². The van der Waals surface area contributed by atoms with E-state index in [9.17, 15) is 21.9 Å². The lowest BCUT2D eigenvalue weighted by Crippen LogP contribution is -2.74. The zero-order valence-electron chi connectivity index (χ0n) is 66.2. The number of pyridine rings is 1. The maximum Gasteiger partial charge on any atom is 0.269 e. The van der Waals surface area contributed by atoms with E-state index in [1.165, 1.54) is 0 Å². The predicted octanol–water partition coefficient (Wildman–Crippen LogP) is 15.9. The molecule has 0 atom stereocenters. The molecule has 0 unspecified atom stereocenters. The molecule has 3 heterocycles. The summed E-state index contributed by atoms with van der Waals surface area (Å²) in [5.74, 6) is 1.74. The fraction of sp³-hybridized carbons (Fsp3) is 0.100. The second-order valence-corrected chi connectivity index (χ2v) is 26.1. The van der Waals surface area contributed by atoms with Crippen LogP contribution in [0.15, 0.2) is 285 Å². The van der Waals surface area contributed by atoms with Crippen molar-refractivity contribution < 1.29 is 35.3 Å². The van der Waals surface area contributed by atoms with Crippen LogP contribution in [0.4, 0.5) is 0 Å². The van der Waals surface area contributed by atoms with Gasteiger partial charge in [0.05, 0.1) is 59.5 Å². The van der Waals surface area contributed by atoms with Crippen molar-refractivity contribution >= 4 is 61.7 Å². The number of aromatic nitrogens is 4. The van der Waals surface area contributed by atoms with E-state index in [2.05, 4.69) is 92.3 Å². The van der Waals surface area contributed by atoms with Crippen molar-refractivity contribution in [1.29, 1.82) is 0 Å². The average molecular weight is 1140 g/mol. The van der Waals surface area contributed by atoms with Gasteiger partial charge in [0.25, 0.3) is 6.33 Å². The number of rotatable bonds is 11. The molecule has 4 aliphatic rings. The Balaban J connectivity index is 1.02. The molecule has 414 valence electrons. The molecule has 4 bridgehead atoms. The molecule has 0 amide bonds. The lowest BCUT2D eigenvalue weighted by atomic mass is 9.88. The molecule has 4 aliphatic carbocycles. The van der Waals surface area contributed by atoms with Gasteiger partial charge in [0.1, 0.15) is 17.3 Å². The van der Waals surface area contributed by atoms with Crippen LogP contribution in [0, 0.1) is 6.33 Å². The highest BCUT2D eigenvalue weighted by Gasteiger charge is 2.41. The highest BCUT2D eigenvalue weighted by Crippen LogP contribution is 2.39. The Morgan fingerprint density at radius 1 is 0.500 bits per heavy atom. The Labute approximate surface area is 531 Å². The first-order valence-electron chi connectivity index (χ1n) is 38.0. The zero-order valence-corrected chi connectivity index (χ0v) is 48.2. The number of imidazole rings is 1. The van der Waals surface area contributed by atoms with Gasteiger partial charge in [0.2, 0.25) is 0 Å². The van der Waals surface area contributed by atoms with Gasteiger partial charge < -0.3 is 4.74 Å². The monoisotopic (exact) mass is 1140 g/mol. The predicted molar refractivity (Wildman–Crippen MR) is 357 cm³/mol. The summed E-state index contributed by atoms with van der Waals surface area (Å²) >= 11 is 0. The Hall–Kier alpha value is -10.1. The summed E-state index contributed by atoms with van der Waals surface area (Å²) in [6.07, 6.45) is 7.97. The smallest absolute Gasteiger partial charge is 0.269 e. The third kappa shape index (κ3) is 9.43. The summed E-state index contributed by atoms with van der Waals surface area (Å²) in [7, 11) is -6.24. The molecular weight excluding hydrogens is 1060 g/mol. The molecule has 0 radical (unpaired) electrons. The van der Waals surface area contributed by atoms with E-state index in [1.807, 2.05) is 102 Å². The fourth-order valence-corrected chi connectivity index (χ4v) is 15.7.